The molecule has 1 aliphatic carbocycles. The van der Waals surface area contributed by atoms with Crippen molar-refractivity contribution in [2.24, 2.45) is 17.6 Å². The molecule has 0 saturated heterocycles. The fourth-order valence-corrected chi connectivity index (χ4v) is 7.03. The second-order valence-electron chi connectivity index (χ2n) is 14.5. The molecule has 13 heteroatoms. The van der Waals surface area contributed by atoms with Crippen LogP contribution in [0, 0.1) is 11.8 Å². The first-order valence-corrected chi connectivity index (χ1v) is 22.5. The van der Waals surface area contributed by atoms with Crippen molar-refractivity contribution in [3.63, 3.8) is 0 Å². The third-order valence-electron chi connectivity index (χ3n) is 9.48. The summed E-state index contributed by atoms with van der Waals surface area (Å²) >= 11 is 0. The van der Waals surface area contributed by atoms with Crippen molar-refractivity contribution in [1.29, 1.82) is 0 Å². The third-order valence-corrected chi connectivity index (χ3v) is 10.5. The molecule has 56 heavy (non-hydrogen) atoms. The monoisotopic (exact) mass is 811 g/mol. The normalized spacial score (nSPS) is 21.2. The number of phosphoric ester groups is 1. The Morgan fingerprint density at radius 3 is 2.11 bits per heavy atom. The van der Waals surface area contributed by atoms with E-state index in [9.17, 15) is 34.4 Å². The van der Waals surface area contributed by atoms with E-state index >= 15 is 0 Å². The van der Waals surface area contributed by atoms with Crippen LogP contribution in [0.3, 0.4) is 0 Å². The molecule has 0 aliphatic heterocycles. The Balaban J connectivity index is 2.49. The molecule has 0 heterocycles. The lowest BCUT2D eigenvalue weighted by Crippen LogP contribution is -2.29. The summed E-state index contributed by atoms with van der Waals surface area (Å²) < 4.78 is 32.7. The lowest BCUT2D eigenvalue weighted by Gasteiger charge is -2.20. The van der Waals surface area contributed by atoms with Crippen molar-refractivity contribution < 1.29 is 52.9 Å². The molecule has 0 radical (unpaired) electrons. The average Bonchev–Trinajstić information content (AvgIpc) is 3.44. The minimum absolute atomic E-state index is 0.00295. The molecule has 1 saturated carbocycles. The molecule has 1 rings (SSSR count). The molecule has 1 fully saturated rings. The van der Waals surface area contributed by atoms with Crippen LogP contribution in [0.5, 0.6) is 0 Å². The summed E-state index contributed by atoms with van der Waals surface area (Å²) in [7, 11) is -4.48. The number of ether oxygens (including phenoxy) is 2. The highest BCUT2D eigenvalue weighted by Gasteiger charge is 2.39. The number of aliphatic hydroxyl groups is 3. The van der Waals surface area contributed by atoms with Gasteiger partial charge in [-0.25, -0.2) is 4.57 Å². The number of carbonyl (C=O) groups is 2. The SMILES string of the molecule is CCCCC/C=C\C/C=C\C/C=C\CCCCCCC(=O)OC[C@H](COP(=O)(O)OCCN)OC(=O)C/C=C\C[C@H]1[C@@H](/C=C/[C@H](O)CCCCC)[C@H](O)C[C@@H]1O. The lowest BCUT2D eigenvalue weighted by molar-refractivity contribution is -0.160. The van der Waals surface area contributed by atoms with Crippen LogP contribution in [0.25, 0.3) is 0 Å². The smallest absolute Gasteiger partial charge is 0.462 e. The first kappa shape index (κ1) is 51.6. The van der Waals surface area contributed by atoms with E-state index in [0.29, 0.717) is 19.3 Å². The second-order valence-corrected chi connectivity index (χ2v) is 15.9. The number of hydrogen-bond acceptors (Lipinski definition) is 11. The minimum atomic E-state index is -4.48. The highest BCUT2D eigenvalue weighted by Crippen LogP contribution is 2.43. The zero-order valence-corrected chi connectivity index (χ0v) is 35.1. The molecule has 12 nitrogen and oxygen atoms in total. The van der Waals surface area contributed by atoms with Crippen LogP contribution in [-0.4, -0.2) is 82.9 Å². The standard InChI is InChI=1S/C43H74NO11P/c1-3-5-7-8-9-10-11-12-13-14-15-16-17-18-19-20-22-27-42(48)52-34-37(35-54-56(50,51)53-32-31-44)55-43(49)28-24-23-26-38-39(41(47)33-40(38)46)30-29-36(45)25-21-6-4-2/h9-10,12-13,15-16,23-24,29-30,36-41,45-47H,3-8,11,14,17-22,25-28,31-35,44H2,1-2H3,(H,50,51)/b10-9-,13-12-,16-15-,24-23-,30-29+/t36-,37-,38+,39-,40+,41-/m1/s1. The molecule has 1 aliphatic rings. The van der Waals surface area contributed by atoms with Crippen LogP contribution in [0.1, 0.15) is 136 Å². The number of unbranched alkanes of at least 4 members (excludes halogenated alkanes) is 9. The summed E-state index contributed by atoms with van der Waals surface area (Å²) in [6.07, 6.45) is 32.4. The predicted molar refractivity (Wildman–Crippen MR) is 221 cm³/mol. The van der Waals surface area contributed by atoms with Gasteiger partial charge in [0.15, 0.2) is 6.10 Å². The summed E-state index contributed by atoms with van der Waals surface area (Å²) in [4.78, 5) is 35.1. The number of hydrogen-bond donors (Lipinski definition) is 5. The second kappa shape index (κ2) is 33.6. The van der Waals surface area contributed by atoms with Crippen molar-refractivity contribution in [3.8, 4) is 0 Å². The Kier molecular flexibility index (Phi) is 30.9. The zero-order chi connectivity index (χ0) is 41.3. The summed E-state index contributed by atoms with van der Waals surface area (Å²) in [6.45, 7) is 3.17. The lowest BCUT2D eigenvalue weighted by atomic mass is 9.89. The number of nitrogens with two attached hydrogens (primary N) is 1. The fourth-order valence-electron chi connectivity index (χ4n) is 6.26. The number of carbonyl (C=O) groups excluding carboxylic acids is 2. The molecule has 0 aromatic rings. The summed E-state index contributed by atoms with van der Waals surface area (Å²) in [6, 6.07) is 0. The van der Waals surface area contributed by atoms with Gasteiger partial charge in [-0.15, -0.1) is 0 Å². The topological polar surface area (TPSA) is 195 Å². The Labute approximate surface area is 336 Å². The van der Waals surface area contributed by atoms with Crippen LogP contribution >= 0.6 is 7.82 Å². The van der Waals surface area contributed by atoms with Crippen LogP contribution in [0.4, 0.5) is 0 Å². The van der Waals surface area contributed by atoms with E-state index in [4.69, 9.17) is 24.3 Å². The van der Waals surface area contributed by atoms with E-state index in [-0.39, 0.29) is 50.9 Å². The minimum Gasteiger partial charge on any atom is -0.462 e. The van der Waals surface area contributed by atoms with Gasteiger partial charge in [0, 0.05) is 25.3 Å². The Morgan fingerprint density at radius 2 is 1.43 bits per heavy atom. The maximum Gasteiger partial charge on any atom is 0.472 e. The number of allylic oxidation sites excluding steroid dienone is 7. The van der Waals surface area contributed by atoms with Crippen LogP contribution in [-0.2, 0) is 32.7 Å². The van der Waals surface area contributed by atoms with Gasteiger partial charge >= 0.3 is 19.8 Å². The van der Waals surface area contributed by atoms with Crippen LogP contribution < -0.4 is 5.73 Å². The molecule has 0 aromatic heterocycles. The first-order chi connectivity index (χ1) is 27.0. The average molecular weight is 812 g/mol. The van der Waals surface area contributed by atoms with E-state index in [2.05, 4.69) is 50.3 Å². The van der Waals surface area contributed by atoms with Gasteiger partial charge in [0.2, 0.25) is 0 Å². The molecule has 322 valence electrons. The van der Waals surface area contributed by atoms with Gasteiger partial charge in [-0.05, 0) is 63.7 Å². The highest BCUT2D eigenvalue weighted by atomic mass is 31.2. The number of phosphoric acid groups is 1. The Morgan fingerprint density at radius 1 is 0.786 bits per heavy atom. The molecule has 1 unspecified atom stereocenters. The van der Waals surface area contributed by atoms with E-state index in [1.54, 1.807) is 24.3 Å². The summed E-state index contributed by atoms with van der Waals surface area (Å²) in [5, 5.41) is 31.3. The molecule has 6 N–H and O–H groups in total. The molecular formula is C43H74NO11P. The molecule has 0 spiro atoms. The third kappa shape index (κ3) is 27.3. The van der Waals surface area contributed by atoms with Crippen molar-refractivity contribution in [3.05, 3.63) is 60.8 Å². The number of rotatable bonds is 34. The number of aliphatic hydroxyl groups excluding tert-OH is 3. The van der Waals surface area contributed by atoms with Crippen molar-refractivity contribution in [2.45, 2.75) is 160 Å². The van der Waals surface area contributed by atoms with E-state index in [1.807, 2.05) is 0 Å². The molecule has 0 aromatic carbocycles. The van der Waals surface area contributed by atoms with Gasteiger partial charge < -0.3 is 35.4 Å². The molecule has 0 amide bonds. The van der Waals surface area contributed by atoms with Gasteiger partial charge in [0.25, 0.3) is 0 Å². The van der Waals surface area contributed by atoms with E-state index < -0.39 is 50.8 Å². The van der Waals surface area contributed by atoms with Gasteiger partial charge in [-0.3, -0.25) is 18.6 Å². The Bertz CT molecular complexity index is 1220. The quantitative estimate of drug-likeness (QED) is 0.0182. The number of esters is 2. The molecule has 7 atom stereocenters. The first-order valence-electron chi connectivity index (χ1n) is 21.0. The summed E-state index contributed by atoms with van der Waals surface area (Å²) in [5.74, 6) is -1.80. The zero-order valence-electron chi connectivity index (χ0n) is 34.2. The summed E-state index contributed by atoms with van der Waals surface area (Å²) in [5.41, 5.74) is 5.33. The van der Waals surface area contributed by atoms with Crippen LogP contribution in [0.2, 0.25) is 0 Å². The molecular weight excluding hydrogens is 737 g/mol. The van der Waals surface area contributed by atoms with E-state index in [0.717, 1.165) is 64.2 Å². The van der Waals surface area contributed by atoms with E-state index in [1.165, 1.54) is 19.3 Å². The maximum absolute atomic E-state index is 12.7. The van der Waals surface area contributed by atoms with Gasteiger partial charge in [-0.2, -0.15) is 0 Å². The van der Waals surface area contributed by atoms with Crippen molar-refractivity contribution in [1.82, 2.24) is 0 Å². The molecule has 0 bridgehead atoms. The maximum atomic E-state index is 12.7. The fraction of sp³-hybridized carbons (Fsp3) is 0.721. The van der Waals surface area contributed by atoms with Gasteiger partial charge in [0.1, 0.15) is 6.61 Å². The van der Waals surface area contributed by atoms with Crippen molar-refractivity contribution in [2.75, 3.05) is 26.4 Å². The van der Waals surface area contributed by atoms with Gasteiger partial charge in [-0.1, -0.05) is 120 Å². The predicted octanol–water partition coefficient (Wildman–Crippen LogP) is 8.10. The Hall–Kier alpha value is -2.41. The van der Waals surface area contributed by atoms with Gasteiger partial charge in [0.05, 0.1) is 37.9 Å². The largest absolute Gasteiger partial charge is 0.472 e. The highest BCUT2D eigenvalue weighted by molar-refractivity contribution is 7.47. The van der Waals surface area contributed by atoms with Crippen molar-refractivity contribution >= 4 is 19.8 Å². The van der Waals surface area contributed by atoms with Crippen LogP contribution in [0.15, 0.2) is 60.8 Å².